The summed E-state index contributed by atoms with van der Waals surface area (Å²) in [5.41, 5.74) is 2.37. The fraction of sp³-hybridized carbons (Fsp3) is 0.118. The first-order chi connectivity index (χ1) is 10.7. The van der Waals surface area contributed by atoms with Gasteiger partial charge in [0.2, 0.25) is 5.91 Å². The number of anilines is 1. The van der Waals surface area contributed by atoms with Crippen molar-refractivity contribution < 1.29 is 9.53 Å². The van der Waals surface area contributed by atoms with Crippen LogP contribution in [0, 0.1) is 22.7 Å². The maximum Gasteiger partial charge on any atom is 0.224 e. The number of benzene rings is 2. The van der Waals surface area contributed by atoms with Gasteiger partial charge in [-0.15, -0.1) is 0 Å². The Bertz CT molecular complexity index is 812. The molecule has 0 bridgehead atoms. The number of nitrogens with one attached hydrogen (secondary N) is 1. The van der Waals surface area contributed by atoms with Gasteiger partial charge in [-0.3, -0.25) is 4.79 Å². The number of aryl methyl sites for hydroxylation is 1. The molecule has 2 aromatic carbocycles. The standard InChI is InChI=1S/C17H11N3O2/c18-9-12-2-1-3-13(10-19)17(12)22-14-5-6-15-11(8-14)4-7-16(21)20-15/h1-3,5-6,8H,4,7H2,(H,20,21). The first-order valence-corrected chi connectivity index (χ1v) is 6.75. The highest BCUT2D eigenvalue weighted by Crippen LogP contribution is 2.32. The molecule has 1 heterocycles. The van der Waals surface area contributed by atoms with Crippen LogP contribution in [0.3, 0.4) is 0 Å². The average Bonchev–Trinajstić information content (AvgIpc) is 2.55. The summed E-state index contributed by atoms with van der Waals surface area (Å²) >= 11 is 0. The number of carbonyl (C=O) groups excluding carboxylic acids is 1. The molecule has 22 heavy (non-hydrogen) atoms. The second-order valence-corrected chi connectivity index (χ2v) is 4.88. The summed E-state index contributed by atoms with van der Waals surface area (Å²) in [7, 11) is 0. The van der Waals surface area contributed by atoms with Crippen molar-refractivity contribution in [1.82, 2.24) is 0 Å². The highest BCUT2D eigenvalue weighted by molar-refractivity contribution is 5.94. The minimum absolute atomic E-state index is 0.00256. The maximum atomic E-state index is 11.4. The van der Waals surface area contributed by atoms with Gasteiger partial charge in [0.05, 0.1) is 11.1 Å². The van der Waals surface area contributed by atoms with Gasteiger partial charge >= 0.3 is 0 Å². The molecule has 0 saturated heterocycles. The normalized spacial score (nSPS) is 12.5. The molecule has 1 N–H and O–H groups in total. The third-order valence-corrected chi connectivity index (χ3v) is 3.45. The summed E-state index contributed by atoms with van der Waals surface area (Å²) in [6.45, 7) is 0. The van der Waals surface area contributed by atoms with Crippen LogP contribution in [0.1, 0.15) is 23.1 Å². The van der Waals surface area contributed by atoms with Gasteiger partial charge in [-0.1, -0.05) is 6.07 Å². The third kappa shape index (κ3) is 2.48. The minimum atomic E-state index is 0.00256. The molecular formula is C17H11N3O2. The SMILES string of the molecule is N#Cc1cccc(C#N)c1Oc1ccc2c(c1)CCC(=O)N2. The number of carbonyl (C=O) groups is 1. The van der Waals surface area contributed by atoms with E-state index in [0.717, 1.165) is 11.3 Å². The number of fused-ring (bicyclic) bond motifs is 1. The molecular weight excluding hydrogens is 278 g/mol. The van der Waals surface area contributed by atoms with E-state index < -0.39 is 0 Å². The van der Waals surface area contributed by atoms with Gasteiger partial charge in [-0.05, 0) is 42.3 Å². The van der Waals surface area contributed by atoms with Crippen molar-refractivity contribution in [2.45, 2.75) is 12.8 Å². The van der Waals surface area contributed by atoms with E-state index in [-0.39, 0.29) is 11.7 Å². The number of nitriles is 2. The Labute approximate surface area is 127 Å². The average molecular weight is 289 g/mol. The lowest BCUT2D eigenvalue weighted by atomic mass is 10.0. The molecule has 0 unspecified atom stereocenters. The fourth-order valence-corrected chi connectivity index (χ4v) is 2.36. The largest absolute Gasteiger partial charge is 0.455 e. The molecule has 0 aromatic heterocycles. The molecule has 0 fully saturated rings. The molecule has 0 saturated carbocycles. The topological polar surface area (TPSA) is 85.9 Å². The van der Waals surface area contributed by atoms with Crippen LogP contribution in [0.15, 0.2) is 36.4 Å². The van der Waals surface area contributed by atoms with E-state index in [1.165, 1.54) is 0 Å². The van der Waals surface area contributed by atoms with Crippen molar-refractivity contribution >= 4 is 11.6 Å². The Morgan fingerprint density at radius 1 is 1.05 bits per heavy atom. The second-order valence-electron chi connectivity index (χ2n) is 4.88. The zero-order chi connectivity index (χ0) is 15.5. The molecule has 1 amide bonds. The van der Waals surface area contributed by atoms with E-state index >= 15 is 0 Å². The van der Waals surface area contributed by atoms with Crippen LogP contribution >= 0.6 is 0 Å². The van der Waals surface area contributed by atoms with E-state index in [1.807, 2.05) is 18.2 Å². The van der Waals surface area contributed by atoms with Gasteiger partial charge in [0.25, 0.3) is 0 Å². The van der Waals surface area contributed by atoms with E-state index in [9.17, 15) is 4.79 Å². The van der Waals surface area contributed by atoms with Gasteiger partial charge in [-0.25, -0.2) is 0 Å². The highest BCUT2D eigenvalue weighted by Gasteiger charge is 2.16. The summed E-state index contributed by atoms with van der Waals surface area (Å²) < 4.78 is 5.76. The molecule has 0 aliphatic carbocycles. The number of nitrogens with zero attached hydrogens (tertiary/aromatic N) is 2. The van der Waals surface area contributed by atoms with Crippen molar-refractivity contribution in [3.8, 4) is 23.6 Å². The lowest BCUT2D eigenvalue weighted by Crippen LogP contribution is -2.18. The smallest absolute Gasteiger partial charge is 0.224 e. The van der Waals surface area contributed by atoms with Gasteiger partial charge in [0, 0.05) is 12.1 Å². The van der Waals surface area contributed by atoms with Crippen LogP contribution in [0.25, 0.3) is 0 Å². The minimum Gasteiger partial charge on any atom is -0.455 e. The first kappa shape index (κ1) is 13.7. The van der Waals surface area contributed by atoms with Crippen molar-refractivity contribution in [2.75, 3.05) is 5.32 Å². The summed E-state index contributed by atoms with van der Waals surface area (Å²) in [6, 6.07) is 14.2. The molecule has 106 valence electrons. The van der Waals surface area contributed by atoms with Crippen LogP contribution in [-0.4, -0.2) is 5.91 Å². The summed E-state index contributed by atoms with van der Waals surface area (Å²) in [5, 5.41) is 21.1. The van der Waals surface area contributed by atoms with Crippen LogP contribution in [-0.2, 0) is 11.2 Å². The molecule has 0 atom stereocenters. The van der Waals surface area contributed by atoms with E-state index in [1.54, 1.807) is 30.3 Å². The van der Waals surface area contributed by atoms with E-state index in [4.69, 9.17) is 15.3 Å². The lowest BCUT2D eigenvalue weighted by Gasteiger charge is -2.18. The Hall–Kier alpha value is -3.31. The second kappa shape index (κ2) is 5.59. The highest BCUT2D eigenvalue weighted by atomic mass is 16.5. The van der Waals surface area contributed by atoms with Gasteiger partial charge in [0.1, 0.15) is 17.9 Å². The van der Waals surface area contributed by atoms with Crippen LogP contribution in [0.2, 0.25) is 0 Å². The van der Waals surface area contributed by atoms with Crippen LogP contribution < -0.4 is 10.1 Å². The van der Waals surface area contributed by atoms with Gasteiger partial charge in [0.15, 0.2) is 5.75 Å². The molecule has 0 radical (unpaired) electrons. The lowest BCUT2D eigenvalue weighted by molar-refractivity contribution is -0.116. The number of hydrogen-bond acceptors (Lipinski definition) is 4. The molecule has 5 nitrogen and oxygen atoms in total. The molecule has 0 spiro atoms. The van der Waals surface area contributed by atoms with Crippen molar-refractivity contribution in [2.24, 2.45) is 0 Å². The Balaban J connectivity index is 1.97. The molecule has 1 aliphatic heterocycles. The number of hydrogen-bond donors (Lipinski definition) is 1. The summed E-state index contributed by atoms with van der Waals surface area (Å²) in [4.78, 5) is 11.4. The zero-order valence-electron chi connectivity index (χ0n) is 11.6. The fourth-order valence-electron chi connectivity index (χ4n) is 2.36. The van der Waals surface area contributed by atoms with Crippen LogP contribution in [0.4, 0.5) is 5.69 Å². The molecule has 1 aliphatic rings. The number of rotatable bonds is 2. The zero-order valence-corrected chi connectivity index (χ0v) is 11.6. The third-order valence-electron chi connectivity index (χ3n) is 3.45. The monoisotopic (exact) mass is 289 g/mol. The predicted molar refractivity (Wildman–Crippen MR) is 79.3 cm³/mol. The Morgan fingerprint density at radius 2 is 1.77 bits per heavy atom. The number of ether oxygens (including phenoxy) is 1. The van der Waals surface area contributed by atoms with Crippen molar-refractivity contribution in [3.63, 3.8) is 0 Å². The number of para-hydroxylation sites is 1. The van der Waals surface area contributed by atoms with Gasteiger partial charge in [-0.2, -0.15) is 10.5 Å². The number of amides is 1. The summed E-state index contributed by atoms with van der Waals surface area (Å²) in [5.74, 6) is 0.796. The molecule has 5 heteroatoms. The molecule has 2 aromatic rings. The van der Waals surface area contributed by atoms with Gasteiger partial charge < -0.3 is 10.1 Å². The quantitative estimate of drug-likeness (QED) is 0.920. The first-order valence-electron chi connectivity index (χ1n) is 6.75. The van der Waals surface area contributed by atoms with E-state index in [2.05, 4.69) is 5.32 Å². The van der Waals surface area contributed by atoms with Crippen molar-refractivity contribution in [1.29, 1.82) is 10.5 Å². The maximum absolute atomic E-state index is 11.4. The van der Waals surface area contributed by atoms with Crippen LogP contribution in [0.5, 0.6) is 11.5 Å². The summed E-state index contributed by atoms with van der Waals surface area (Å²) in [6.07, 6.45) is 1.08. The molecule has 3 rings (SSSR count). The predicted octanol–water partition coefficient (Wildman–Crippen LogP) is 3.11. The Kier molecular flexibility index (Phi) is 3.47. The van der Waals surface area contributed by atoms with Crippen molar-refractivity contribution in [3.05, 3.63) is 53.1 Å². The van der Waals surface area contributed by atoms with E-state index in [0.29, 0.717) is 29.7 Å². The Morgan fingerprint density at radius 3 is 2.45 bits per heavy atom.